The first-order chi connectivity index (χ1) is 14.8. The standard InChI is InChI=1S/C28H57NO/c1-4-7-9-11-13-15-17-19-21-23-26-29(28(30)25-6-3)27-24-22-20-18-16-14-12-10-8-5-2/h4-27H2,1-3H3. The molecule has 0 saturated heterocycles. The first-order valence-electron chi connectivity index (χ1n) is 14.0. The van der Waals surface area contributed by atoms with Gasteiger partial charge in [0.25, 0.3) is 0 Å². The van der Waals surface area contributed by atoms with Crippen molar-refractivity contribution in [3.8, 4) is 0 Å². The van der Waals surface area contributed by atoms with Crippen LogP contribution in [0.2, 0.25) is 0 Å². The number of rotatable bonds is 24. The van der Waals surface area contributed by atoms with Gasteiger partial charge in [0.05, 0.1) is 0 Å². The molecular formula is C28H57NO. The fraction of sp³-hybridized carbons (Fsp3) is 0.964. The maximum atomic E-state index is 12.5. The maximum Gasteiger partial charge on any atom is 0.222 e. The van der Waals surface area contributed by atoms with Gasteiger partial charge in [-0.15, -0.1) is 0 Å². The van der Waals surface area contributed by atoms with Gasteiger partial charge in [0.2, 0.25) is 5.91 Å². The SMILES string of the molecule is CCCCCCCCCCCCN(CCCCCCCCCCCC)C(=O)CCC. The topological polar surface area (TPSA) is 20.3 Å². The zero-order valence-corrected chi connectivity index (χ0v) is 21.3. The van der Waals surface area contributed by atoms with E-state index >= 15 is 0 Å². The molecule has 0 aliphatic rings. The summed E-state index contributed by atoms with van der Waals surface area (Å²) in [6, 6.07) is 0. The fourth-order valence-corrected chi connectivity index (χ4v) is 4.31. The van der Waals surface area contributed by atoms with Gasteiger partial charge in [-0.05, 0) is 19.3 Å². The van der Waals surface area contributed by atoms with Crippen molar-refractivity contribution in [2.24, 2.45) is 0 Å². The molecule has 2 heteroatoms. The molecule has 0 fully saturated rings. The minimum absolute atomic E-state index is 0.393. The Morgan fingerprint density at radius 1 is 0.433 bits per heavy atom. The maximum absolute atomic E-state index is 12.5. The van der Waals surface area contributed by atoms with Crippen molar-refractivity contribution in [2.75, 3.05) is 13.1 Å². The van der Waals surface area contributed by atoms with Crippen LogP contribution >= 0.6 is 0 Å². The molecule has 0 aromatic carbocycles. The number of hydrogen-bond acceptors (Lipinski definition) is 1. The van der Waals surface area contributed by atoms with Crippen LogP contribution in [0.1, 0.15) is 162 Å². The lowest BCUT2D eigenvalue weighted by molar-refractivity contribution is -0.131. The Hall–Kier alpha value is -0.530. The average Bonchev–Trinajstić information content (AvgIpc) is 2.75. The molecule has 0 rings (SSSR count). The van der Waals surface area contributed by atoms with Crippen molar-refractivity contribution in [1.82, 2.24) is 4.90 Å². The van der Waals surface area contributed by atoms with Crippen molar-refractivity contribution in [3.05, 3.63) is 0 Å². The molecule has 0 spiro atoms. The molecule has 0 bridgehead atoms. The Bertz CT molecular complexity index is 318. The number of amides is 1. The summed E-state index contributed by atoms with van der Waals surface area (Å²) in [5.41, 5.74) is 0. The molecule has 0 N–H and O–H groups in total. The number of nitrogens with zero attached hydrogens (tertiary/aromatic N) is 1. The zero-order chi connectivity index (χ0) is 22.1. The van der Waals surface area contributed by atoms with E-state index in [0.717, 1.165) is 25.9 Å². The molecule has 2 nitrogen and oxygen atoms in total. The molecule has 0 aliphatic heterocycles. The van der Waals surface area contributed by atoms with Gasteiger partial charge in [0, 0.05) is 19.5 Å². The van der Waals surface area contributed by atoms with E-state index in [1.165, 1.54) is 128 Å². The zero-order valence-electron chi connectivity index (χ0n) is 21.3. The highest BCUT2D eigenvalue weighted by atomic mass is 16.2. The van der Waals surface area contributed by atoms with Gasteiger partial charge in [0.1, 0.15) is 0 Å². The molecule has 0 aliphatic carbocycles. The third-order valence-electron chi connectivity index (χ3n) is 6.38. The predicted molar refractivity (Wildman–Crippen MR) is 135 cm³/mol. The van der Waals surface area contributed by atoms with E-state index < -0.39 is 0 Å². The van der Waals surface area contributed by atoms with E-state index in [1.54, 1.807) is 0 Å². The van der Waals surface area contributed by atoms with Crippen LogP contribution in [0.15, 0.2) is 0 Å². The van der Waals surface area contributed by atoms with E-state index in [0.29, 0.717) is 5.91 Å². The van der Waals surface area contributed by atoms with Crippen LogP contribution in [0, 0.1) is 0 Å². The van der Waals surface area contributed by atoms with Crippen molar-refractivity contribution in [2.45, 2.75) is 162 Å². The van der Waals surface area contributed by atoms with Gasteiger partial charge in [-0.2, -0.15) is 0 Å². The minimum Gasteiger partial charge on any atom is -0.343 e. The number of carbonyl (C=O) groups is 1. The second-order valence-electron chi connectivity index (χ2n) is 9.49. The number of carbonyl (C=O) groups excluding carboxylic acids is 1. The lowest BCUT2D eigenvalue weighted by atomic mass is 10.1. The van der Waals surface area contributed by atoms with Gasteiger partial charge >= 0.3 is 0 Å². The molecule has 0 atom stereocenters. The molecule has 0 saturated carbocycles. The predicted octanol–water partition coefficient (Wildman–Crippen LogP) is 9.46. The molecule has 30 heavy (non-hydrogen) atoms. The Labute approximate surface area is 191 Å². The van der Waals surface area contributed by atoms with E-state index in [4.69, 9.17) is 0 Å². The summed E-state index contributed by atoms with van der Waals surface area (Å²) in [6.07, 6.45) is 29.0. The fourth-order valence-electron chi connectivity index (χ4n) is 4.31. The average molecular weight is 424 g/mol. The van der Waals surface area contributed by atoms with Gasteiger partial charge < -0.3 is 4.90 Å². The number of hydrogen-bond donors (Lipinski definition) is 0. The quantitative estimate of drug-likeness (QED) is 0.141. The van der Waals surface area contributed by atoms with Crippen LogP contribution in [0.4, 0.5) is 0 Å². The summed E-state index contributed by atoms with van der Waals surface area (Å²) in [4.78, 5) is 14.6. The monoisotopic (exact) mass is 423 g/mol. The molecule has 1 amide bonds. The molecule has 0 radical (unpaired) electrons. The Morgan fingerprint density at radius 3 is 1.03 bits per heavy atom. The molecule has 0 aromatic heterocycles. The van der Waals surface area contributed by atoms with Gasteiger partial charge in [-0.25, -0.2) is 0 Å². The smallest absolute Gasteiger partial charge is 0.222 e. The Kier molecular flexibility index (Phi) is 24.3. The van der Waals surface area contributed by atoms with E-state index in [1.807, 2.05) is 0 Å². The van der Waals surface area contributed by atoms with Crippen LogP contribution < -0.4 is 0 Å². The van der Waals surface area contributed by atoms with E-state index in [9.17, 15) is 4.79 Å². The molecule has 0 aromatic rings. The van der Waals surface area contributed by atoms with Crippen LogP contribution in [0.25, 0.3) is 0 Å². The van der Waals surface area contributed by atoms with Gasteiger partial charge in [0.15, 0.2) is 0 Å². The minimum atomic E-state index is 0.393. The van der Waals surface area contributed by atoms with E-state index in [-0.39, 0.29) is 0 Å². The van der Waals surface area contributed by atoms with Crippen molar-refractivity contribution in [1.29, 1.82) is 0 Å². The molecule has 180 valence electrons. The second-order valence-corrected chi connectivity index (χ2v) is 9.49. The highest BCUT2D eigenvalue weighted by Crippen LogP contribution is 2.13. The summed E-state index contributed by atoms with van der Waals surface area (Å²) in [6.45, 7) is 8.67. The van der Waals surface area contributed by atoms with E-state index in [2.05, 4.69) is 25.7 Å². The van der Waals surface area contributed by atoms with Gasteiger partial charge in [-0.1, -0.05) is 136 Å². The largest absolute Gasteiger partial charge is 0.343 e. The Balaban J connectivity index is 3.70. The van der Waals surface area contributed by atoms with Crippen LogP contribution in [-0.2, 0) is 4.79 Å². The highest BCUT2D eigenvalue weighted by molar-refractivity contribution is 5.76. The highest BCUT2D eigenvalue weighted by Gasteiger charge is 2.11. The van der Waals surface area contributed by atoms with Crippen LogP contribution in [0.3, 0.4) is 0 Å². The van der Waals surface area contributed by atoms with Gasteiger partial charge in [-0.3, -0.25) is 4.79 Å². The third kappa shape index (κ3) is 20.7. The van der Waals surface area contributed by atoms with Crippen LogP contribution in [0.5, 0.6) is 0 Å². The lowest BCUT2D eigenvalue weighted by Crippen LogP contribution is -2.32. The summed E-state index contributed by atoms with van der Waals surface area (Å²) < 4.78 is 0. The third-order valence-corrected chi connectivity index (χ3v) is 6.38. The van der Waals surface area contributed by atoms with Crippen molar-refractivity contribution >= 4 is 5.91 Å². The molecule has 0 unspecified atom stereocenters. The first-order valence-corrected chi connectivity index (χ1v) is 14.0. The van der Waals surface area contributed by atoms with Crippen molar-refractivity contribution in [3.63, 3.8) is 0 Å². The summed E-state index contributed by atoms with van der Waals surface area (Å²) in [7, 11) is 0. The second kappa shape index (κ2) is 24.7. The molecule has 0 heterocycles. The normalized spacial score (nSPS) is 11.2. The van der Waals surface area contributed by atoms with Crippen LogP contribution in [-0.4, -0.2) is 23.9 Å². The summed E-state index contributed by atoms with van der Waals surface area (Å²) in [5, 5.41) is 0. The summed E-state index contributed by atoms with van der Waals surface area (Å²) in [5.74, 6) is 0.393. The first kappa shape index (κ1) is 29.5. The van der Waals surface area contributed by atoms with Crippen molar-refractivity contribution < 1.29 is 4.79 Å². The lowest BCUT2D eigenvalue weighted by Gasteiger charge is -2.22. The molecular weight excluding hydrogens is 366 g/mol. The summed E-state index contributed by atoms with van der Waals surface area (Å²) >= 11 is 0. The number of unbranched alkanes of at least 4 members (excludes halogenated alkanes) is 18. The Morgan fingerprint density at radius 2 is 0.733 bits per heavy atom.